The normalized spacial score (nSPS) is 12.4. The van der Waals surface area contributed by atoms with E-state index in [1.165, 1.54) is 16.8 Å². The first-order valence-corrected chi connectivity index (χ1v) is 11.1. The van der Waals surface area contributed by atoms with Crippen LogP contribution in [0.15, 0.2) is 66.9 Å². The van der Waals surface area contributed by atoms with E-state index in [9.17, 15) is 9.90 Å². The molecular formula is C26H28N3NaO3. The summed E-state index contributed by atoms with van der Waals surface area (Å²) in [5.41, 5.74) is 4.85. The SMILES string of the molecule is O=C([O-])CCc1ccc(NCc2cccc3c2CCCN3CCOc2ccccc2)nc1.[Na+]. The number of carbonyl (C=O) groups excluding carboxylic acids is 1. The fourth-order valence-corrected chi connectivity index (χ4v) is 4.07. The van der Waals surface area contributed by atoms with Gasteiger partial charge >= 0.3 is 29.6 Å². The van der Waals surface area contributed by atoms with E-state index in [0.717, 1.165) is 43.1 Å². The summed E-state index contributed by atoms with van der Waals surface area (Å²) < 4.78 is 5.90. The van der Waals surface area contributed by atoms with E-state index in [1.54, 1.807) is 6.20 Å². The summed E-state index contributed by atoms with van der Waals surface area (Å²) >= 11 is 0. The quantitative estimate of drug-likeness (QED) is 0.443. The van der Waals surface area contributed by atoms with Gasteiger partial charge in [0.05, 0.1) is 6.54 Å². The molecular weight excluding hydrogens is 425 g/mol. The van der Waals surface area contributed by atoms with Gasteiger partial charge in [-0.2, -0.15) is 0 Å². The Kier molecular flexibility index (Phi) is 9.61. The van der Waals surface area contributed by atoms with Crippen molar-refractivity contribution in [3.8, 4) is 5.75 Å². The van der Waals surface area contributed by atoms with Gasteiger partial charge in [0.25, 0.3) is 0 Å². The van der Waals surface area contributed by atoms with Crippen molar-refractivity contribution < 1.29 is 44.2 Å². The number of ether oxygens (including phenoxy) is 1. The van der Waals surface area contributed by atoms with E-state index in [0.29, 0.717) is 19.6 Å². The second-order valence-corrected chi connectivity index (χ2v) is 7.94. The van der Waals surface area contributed by atoms with Gasteiger partial charge in [0, 0.05) is 30.9 Å². The van der Waals surface area contributed by atoms with Gasteiger partial charge in [-0.3, -0.25) is 0 Å². The minimum atomic E-state index is -1.04. The number of carboxylic acids is 1. The summed E-state index contributed by atoms with van der Waals surface area (Å²) in [6.07, 6.45) is 4.36. The molecule has 0 aliphatic carbocycles. The molecule has 0 saturated carbocycles. The number of rotatable bonds is 10. The van der Waals surface area contributed by atoms with E-state index in [1.807, 2.05) is 42.5 Å². The molecule has 0 spiro atoms. The molecule has 0 fully saturated rings. The molecule has 0 amide bonds. The van der Waals surface area contributed by atoms with Crippen molar-refractivity contribution in [2.75, 3.05) is 29.9 Å². The number of carboxylic acid groups (broad SMARTS) is 1. The van der Waals surface area contributed by atoms with Gasteiger partial charge in [0.15, 0.2) is 0 Å². The monoisotopic (exact) mass is 453 g/mol. The molecule has 2 aromatic carbocycles. The van der Waals surface area contributed by atoms with Crippen LogP contribution >= 0.6 is 0 Å². The Hall–Kier alpha value is -2.54. The number of aromatic nitrogens is 1. The summed E-state index contributed by atoms with van der Waals surface area (Å²) in [4.78, 5) is 17.4. The average Bonchev–Trinajstić information content (AvgIpc) is 2.83. The third-order valence-corrected chi connectivity index (χ3v) is 5.72. The summed E-state index contributed by atoms with van der Waals surface area (Å²) in [5, 5.41) is 14.0. The maximum Gasteiger partial charge on any atom is 1.00 e. The van der Waals surface area contributed by atoms with Crippen molar-refractivity contribution >= 4 is 17.5 Å². The van der Waals surface area contributed by atoms with E-state index < -0.39 is 5.97 Å². The Labute approximate surface area is 217 Å². The van der Waals surface area contributed by atoms with Gasteiger partial charge in [-0.25, -0.2) is 4.98 Å². The molecule has 166 valence electrons. The molecule has 1 aliphatic rings. The third-order valence-electron chi connectivity index (χ3n) is 5.72. The number of nitrogens with one attached hydrogen (secondary N) is 1. The molecule has 33 heavy (non-hydrogen) atoms. The number of pyridine rings is 1. The first-order chi connectivity index (χ1) is 15.7. The first-order valence-electron chi connectivity index (χ1n) is 11.1. The maximum atomic E-state index is 10.6. The fraction of sp³-hybridized carbons (Fsp3) is 0.308. The molecule has 0 bridgehead atoms. The number of hydrogen-bond donors (Lipinski definition) is 1. The number of fused-ring (bicyclic) bond motifs is 1. The van der Waals surface area contributed by atoms with Crippen LogP contribution in [0.1, 0.15) is 29.5 Å². The molecule has 0 atom stereocenters. The zero-order valence-corrected chi connectivity index (χ0v) is 21.1. The third kappa shape index (κ3) is 7.22. The van der Waals surface area contributed by atoms with Crippen LogP contribution in [-0.4, -0.2) is 30.6 Å². The van der Waals surface area contributed by atoms with Crippen LogP contribution in [0.4, 0.5) is 11.5 Å². The number of carbonyl (C=O) groups is 1. The van der Waals surface area contributed by atoms with Crippen LogP contribution in [0.5, 0.6) is 5.75 Å². The van der Waals surface area contributed by atoms with Crippen molar-refractivity contribution in [3.63, 3.8) is 0 Å². The molecule has 3 aromatic rings. The van der Waals surface area contributed by atoms with Crippen molar-refractivity contribution in [3.05, 3.63) is 83.6 Å². The molecule has 2 heterocycles. The largest absolute Gasteiger partial charge is 1.00 e. The Morgan fingerprint density at radius 1 is 1.09 bits per heavy atom. The van der Waals surface area contributed by atoms with E-state index in [2.05, 4.69) is 33.4 Å². The molecule has 0 unspecified atom stereocenters. The number of nitrogens with zero attached hydrogens (tertiary/aromatic N) is 2. The van der Waals surface area contributed by atoms with Gasteiger partial charge in [-0.05, 0) is 66.6 Å². The number of hydrogen-bond acceptors (Lipinski definition) is 6. The second kappa shape index (κ2) is 12.6. The van der Waals surface area contributed by atoms with Crippen LogP contribution in [0, 0.1) is 0 Å². The molecule has 1 aliphatic heterocycles. The summed E-state index contributed by atoms with van der Waals surface area (Å²) in [7, 11) is 0. The number of aryl methyl sites for hydroxylation is 1. The Morgan fingerprint density at radius 3 is 2.70 bits per heavy atom. The molecule has 1 aromatic heterocycles. The predicted octanol–water partition coefficient (Wildman–Crippen LogP) is 0.212. The van der Waals surface area contributed by atoms with Gasteiger partial charge in [-0.1, -0.05) is 36.4 Å². The number of benzene rings is 2. The van der Waals surface area contributed by atoms with Crippen LogP contribution in [0.2, 0.25) is 0 Å². The zero-order valence-electron chi connectivity index (χ0n) is 19.1. The van der Waals surface area contributed by atoms with Crippen LogP contribution in [0.25, 0.3) is 0 Å². The summed E-state index contributed by atoms with van der Waals surface area (Å²) in [6.45, 7) is 3.24. The van der Waals surface area contributed by atoms with Crippen LogP contribution in [-0.2, 0) is 24.2 Å². The van der Waals surface area contributed by atoms with E-state index in [-0.39, 0.29) is 36.0 Å². The Bertz CT molecular complexity index is 1030. The Morgan fingerprint density at radius 2 is 1.94 bits per heavy atom. The summed E-state index contributed by atoms with van der Waals surface area (Å²) in [5.74, 6) is 0.645. The van der Waals surface area contributed by atoms with Crippen molar-refractivity contribution in [1.82, 2.24) is 4.98 Å². The molecule has 1 N–H and O–H groups in total. The molecule has 7 heteroatoms. The van der Waals surface area contributed by atoms with Crippen molar-refractivity contribution in [2.45, 2.75) is 32.2 Å². The number of aliphatic carboxylic acids is 1. The molecule has 4 rings (SSSR count). The van der Waals surface area contributed by atoms with Crippen LogP contribution < -0.4 is 49.6 Å². The summed E-state index contributed by atoms with van der Waals surface area (Å²) in [6, 6.07) is 20.2. The second-order valence-electron chi connectivity index (χ2n) is 7.94. The van der Waals surface area contributed by atoms with Crippen molar-refractivity contribution in [2.24, 2.45) is 0 Å². The fourth-order valence-electron chi connectivity index (χ4n) is 4.07. The molecule has 0 radical (unpaired) electrons. The molecule has 0 saturated heterocycles. The zero-order chi connectivity index (χ0) is 22.2. The topological polar surface area (TPSA) is 77.5 Å². The first kappa shape index (κ1) is 25.1. The van der Waals surface area contributed by atoms with Gasteiger partial charge in [0.2, 0.25) is 0 Å². The van der Waals surface area contributed by atoms with E-state index >= 15 is 0 Å². The molecule has 6 nitrogen and oxygen atoms in total. The smallest absolute Gasteiger partial charge is 0.550 e. The standard InChI is InChI=1S/C26H29N3O3.Na/c30-26(31)14-12-20-11-13-25(27-18-20)28-19-21-6-4-10-24-23(21)9-5-15-29(24)16-17-32-22-7-2-1-3-8-22;/h1-4,6-8,10-11,13,18H,5,9,12,14-17,19H2,(H,27,28)(H,30,31);/q;+1/p-1. The average molecular weight is 454 g/mol. The predicted molar refractivity (Wildman–Crippen MR) is 124 cm³/mol. The maximum absolute atomic E-state index is 10.6. The number of para-hydroxylation sites is 1. The van der Waals surface area contributed by atoms with E-state index in [4.69, 9.17) is 4.74 Å². The van der Waals surface area contributed by atoms with Gasteiger partial charge in [0.1, 0.15) is 18.2 Å². The Balaban J connectivity index is 0.00000306. The minimum Gasteiger partial charge on any atom is -0.550 e. The van der Waals surface area contributed by atoms with Crippen LogP contribution in [0.3, 0.4) is 0 Å². The van der Waals surface area contributed by atoms with Crippen molar-refractivity contribution in [1.29, 1.82) is 0 Å². The van der Waals surface area contributed by atoms with Gasteiger partial charge in [-0.15, -0.1) is 0 Å². The number of anilines is 2. The van der Waals surface area contributed by atoms with Gasteiger partial charge < -0.3 is 24.9 Å². The minimum absolute atomic E-state index is 0.